The summed E-state index contributed by atoms with van der Waals surface area (Å²) >= 11 is 3.52. The van der Waals surface area contributed by atoms with Gasteiger partial charge in [-0.1, -0.05) is 24.8 Å². The molecule has 0 saturated heterocycles. The number of thioether (sulfide) groups is 1. The van der Waals surface area contributed by atoms with Crippen LogP contribution in [0.5, 0.6) is 0 Å². The molecular formula is C21H25Cl2PSSiZr-2. The summed E-state index contributed by atoms with van der Waals surface area (Å²) in [4.78, 5) is 1.33. The van der Waals surface area contributed by atoms with E-state index in [-0.39, 0.29) is 38.2 Å². The first-order valence-electron chi connectivity index (χ1n) is 8.39. The Balaban J connectivity index is 0.000000397. The number of halogens is 2. The molecule has 2 unspecified atom stereocenters. The average molecular weight is 531 g/mol. The van der Waals surface area contributed by atoms with Crippen molar-refractivity contribution in [2.45, 2.75) is 32.6 Å². The van der Waals surface area contributed by atoms with E-state index in [0.717, 1.165) is 5.66 Å². The number of hydrogen-bond acceptors (Lipinski definition) is 1. The van der Waals surface area contributed by atoms with Crippen LogP contribution >= 0.6 is 19.7 Å². The third-order valence-corrected chi connectivity index (χ3v) is 7.30. The monoisotopic (exact) mass is 528 g/mol. The molecule has 2 atom stereocenters. The van der Waals surface area contributed by atoms with Crippen molar-refractivity contribution in [3.8, 4) is 0 Å². The van der Waals surface area contributed by atoms with Gasteiger partial charge < -0.3 is 24.8 Å². The molecule has 0 fully saturated rings. The van der Waals surface area contributed by atoms with E-state index in [4.69, 9.17) is 0 Å². The van der Waals surface area contributed by atoms with Crippen LogP contribution in [0, 0.1) is 12.2 Å². The van der Waals surface area contributed by atoms with Crippen molar-refractivity contribution in [1.29, 1.82) is 0 Å². The van der Waals surface area contributed by atoms with Gasteiger partial charge in [-0.25, -0.2) is 0 Å². The minimum atomic E-state index is 0. The van der Waals surface area contributed by atoms with Crippen molar-refractivity contribution in [2.75, 3.05) is 12.9 Å². The summed E-state index contributed by atoms with van der Waals surface area (Å²) in [5.41, 5.74) is 6.24. The maximum absolute atomic E-state index is 3.38. The zero-order chi connectivity index (χ0) is 18.6. The molecule has 0 bridgehead atoms. The normalized spacial score (nSPS) is 22.7. The Kier molecular flexibility index (Phi) is 13.4. The second-order valence-corrected chi connectivity index (χ2v) is 19.2. The molecule has 0 nitrogen and oxygen atoms in total. The van der Waals surface area contributed by atoms with Gasteiger partial charge in [-0.3, -0.25) is 0 Å². The van der Waals surface area contributed by atoms with Crippen molar-refractivity contribution in [3.05, 3.63) is 81.1 Å². The zero-order valence-electron chi connectivity index (χ0n) is 16.7. The summed E-state index contributed by atoms with van der Waals surface area (Å²) < 4.78 is 0. The van der Waals surface area contributed by atoms with Gasteiger partial charge in [-0.2, -0.15) is 41.6 Å². The summed E-state index contributed by atoms with van der Waals surface area (Å²) in [6.07, 6.45) is 21.7. The van der Waals surface area contributed by atoms with E-state index in [9.17, 15) is 0 Å². The minimum Gasteiger partial charge on any atom is -1.00 e. The van der Waals surface area contributed by atoms with Crippen LogP contribution in [0.2, 0.25) is 13.1 Å². The number of rotatable bonds is 1. The summed E-state index contributed by atoms with van der Waals surface area (Å²) in [6, 6.07) is 0. The molecule has 0 N–H and O–H groups in total. The Labute approximate surface area is 198 Å². The van der Waals surface area contributed by atoms with Crippen LogP contribution < -0.4 is 24.8 Å². The Morgan fingerprint density at radius 3 is 2.41 bits per heavy atom. The molecular weight excluding hydrogens is 505 g/mol. The van der Waals surface area contributed by atoms with Crippen LogP contribution in [0.4, 0.5) is 0 Å². The van der Waals surface area contributed by atoms with E-state index in [1.807, 2.05) is 6.08 Å². The smallest absolute Gasteiger partial charge is 1.00 e. The molecule has 6 heteroatoms. The van der Waals surface area contributed by atoms with Gasteiger partial charge in [-0.15, -0.1) is 48.2 Å². The summed E-state index contributed by atoms with van der Waals surface area (Å²) in [7, 11) is 0.0919. The van der Waals surface area contributed by atoms with Gasteiger partial charge in [0.15, 0.2) is 0 Å². The third-order valence-electron chi connectivity index (χ3n) is 4.02. The minimum absolute atomic E-state index is 0. The van der Waals surface area contributed by atoms with Crippen LogP contribution in [0.1, 0.15) is 13.8 Å². The van der Waals surface area contributed by atoms with Gasteiger partial charge in [0, 0.05) is 0 Å². The molecule has 4 rings (SSSR count). The molecule has 0 aromatic carbocycles. The van der Waals surface area contributed by atoms with E-state index in [1.165, 1.54) is 27.2 Å². The summed E-state index contributed by atoms with van der Waals surface area (Å²) in [5.74, 6) is 0. The van der Waals surface area contributed by atoms with Gasteiger partial charge in [0.05, 0.1) is 0 Å². The summed E-state index contributed by atoms with van der Waals surface area (Å²) in [6.45, 7) is 11.4. The Morgan fingerprint density at radius 2 is 1.85 bits per heavy atom. The first-order chi connectivity index (χ1) is 11.8. The van der Waals surface area contributed by atoms with E-state index in [0.29, 0.717) is 0 Å². The SMILES string of the molecule is CC1=[C-]C2=CC(C)P(C)C2=C1.CSC1=C2[C-]=CC=C2C=C1.C[Si](C)=[Zr+2].[Cl-].[Cl-]. The van der Waals surface area contributed by atoms with Gasteiger partial charge in [0.2, 0.25) is 0 Å². The quantitative estimate of drug-likeness (QED) is 0.268. The van der Waals surface area contributed by atoms with Crippen LogP contribution in [-0.4, -0.2) is 24.0 Å². The van der Waals surface area contributed by atoms with Crippen molar-refractivity contribution < 1.29 is 48.1 Å². The van der Waals surface area contributed by atoms with Gasteiger partial charge >= 0.3 is 41.9 Å². The predicted octanol–water partition coefficient (Wildman–Crippen LogP) is 0.339. The van der Waals surface area contributed by atoms with Gasteiger partial charge in [-0.05, 0) is 18.6 Å². The van der Waals surface area contributed by atoms with E-state index < -0.39 is 0 Å². The Morgan fingerprint density at radius 1 is 1.22 bits per heavy atom. The Hall–Kier alpha value is 0.640. The maximum atomic E-state index is 3.38. The molecule has 4 aliphatic rings. The van der Waals surface area contributed by atoms with Crippen LogP contribution in [0.25, 0.3) is 0 Å². The fraction of sp³-hybridized carbons (Fsp3) is 0.333. The van der Waals surface area contributed by atoms with Crippen molar-refractivity contribution >= 4 is 25.1 Å². The molecule has 0 amide bonds. The second-order valence-electron chi connectivity index (χ2n) is 6.48. The van der Waals surface area contributed by atoms with Crippen molar-refractivity contribution in [3.63, 3.8) is 0 Å². The molecule has 0 aromatic heterocycles. The summed E-state index contributed by atoms with van der Waals surface area (Å²) in [5, 5.41) is 1.56. The molecule has 27 heavy (non-hydrogen) atoms. The number of allylic oxidation sites excluding steroid dienone is 13. The third kappa shape index (κ3) is 7.76. The predicted molar refractivity (Wildman–Crippen MR) is 114 cm³/mol. The van der Waals surface area contributed by atoms with E-state index in [2.05, 4.69) is 82.4 Å². The maximum Gasteiger partial charge on any atom is -1.00 e. The van der Waals surface area contributed by atoms with Gasteiger partial charge in [0.25, 0.3) is 0 Å². The average Bonchev–Trinajstić information content (AvgIpc) is 3.25. The second kappa shape index (κ2) is 13.0. The Bertz CT molecular complexity index is 784. The molecule has 1 aliphatic heterocycles. The van der Waals surface area contributed by atoms with Crippen molar-refractivity contribution in [1.82, 2.24) is 0 Å². The first kappa shape index (κ1) is 27.6. The number of fused-ring (bicyclic) bond motifs is 2. The zero-order valence-corrected chi connectivity index (χ0v) is 23.3. The molecule has 144 valence electrons. The molecule has 0 saturated carbocycles. The topological polar surface area (TPSA) is 0 Å². The standard InChI is InChI=1S/C10H12P.C9H7S.C2H6Si.2ClH.Zr/c1-7-4-9-6-8(2)11(3)10(9)5-7;1-10-9-6-5-7-3-2-4-8(7)9;1-3-2;;;/h5-6,8H,1-3H3;2-3,5-6H,1H3;1-2H3;2*1H;/q2*-1;;;;+2/p-2. The van der Waals surface area contributed by atoms with Crippen molar-refractivity contribution in [2.24, 2.45) is 0 Å². The molecule has 3 aliphatic carbocycles. The van der Waals surface area contributed by atoms with E-state index >= 15 is 0 Å². The van der Waals surface area contributed by atoms with Gasteiger partial charge in [0.1, 0.15) is 0 Å². The molecule has 0 spiro atoms. The molecule has 1 heterocycles. The molecule has 0 radical (unpaired) electrons. The van der Waals surface area contributed by atoms with Crippen LogP contribution in [0.3, 0.4) is 0 Å². The largest absolute Gasteiger partial charge is 1.00 e. The molecule has 0 aromatic rings. The first-order valence-corrected chi connectivity index (χ1v) is 17.7. The van der Waals surface area contributed by atoms with Crippen LogP contribution in [0.15, 0.2) is 69.0 Å². The number of hydrogen-bond donors (Lipinski definition) is 0. The fourth-order valence-corrected chi connectivity index (χ4v) is 5.04. The van der Waals surface area contributed by atoms with E-state index in [1.54, 1.807) is 40.4 Å². The fourth-order valence-electron chi connectivity index (χ4n) is 2.74. The van der Waals surface area contributed by atoms with Crippen LogP contribution in [-0.2, 0) is 23.3 Å².